The first kappa shape index (κ1) is 14.6. The standard InChI is InChI=1S/C13H8Cl2F2N2O/c14-7-3-6(4-8(15)5-7)13(20)19-12-10(18)2-1-9(16)11(12)17/h1-5H,18H2,(H,19,20). The van der Waals surface area contributed by atoms with Crippen molar-refractivity contribution >= 4 is 40.5 Å². The summed E-state index contributed by atoms with van der Waals surface area (Å²) in [6.07, 6.45) is 0. The molecule has 0 unspecified atom stereocenters. The molecule has 0 saturated heterocycles. The number of hydrogen-bond acceptors (Lipinski definition) is 2. The average Bonchev–Trinajstić information content (AvgIpc) is 2.38. The molecular formula is C13H8Cl2F2N2O. The van der Waals surface area contributed by atoms with Crippen molar-refractivity contribution in [3.05, 3.63) is 57.6 Å². The van der Waals surface area contributed by atoms with Crippen LogP contribution >= 0.6 is 23.2 Å². The third kappa shape index (κ3) is 3.00. The molecule has 0 spiro atoms. The van der Waals surface area contributed by atoms with Gasteiger partial charge in [0.15, 0.2) is 11.6 Å². The predicted octanol–water partition coefficient (Wildman–Crippen LogP) is 4.11. The second-order valence-corrected chi connectivity index (χ2v) is 4.81. The number of carbonyl (C=O) groups excluding carboxylic acids is 1. The maximum Gasteiger partial charge on any atom is 0.255 e. The fourth-order valence-electron chi connectivity index (χ4n) is 1.56. The Labute approximate surface area is 123 Å². The van der Waals surface area contributed by atoms with Gasteiger partial charge in [0, 0.05) is 15.6 Å². The van der Waals surface area contributed by atoms with E-state index >= 15 is 0 Å². The lowest BCUT2D eigenvalue weighted by Crippen LogP contribution is -2.15. The first-order valence-electron chi connectivity index (χ1n) is 5.39. The minimum atomic E-state index is -1.23. The molecule has 0 radical (unpaired) electrons. The van der Waals surface area contributed by atoms with E-state index in [1.165, 1.54) is 18.2 Å². The van der Waals surface area contributed by atoms with Gasteiger partial charge >= 0.3 is 0 Å². The van der Waals surface area contributed by atoms with Crippen molar-refractivity contribution in [2.24, 2.45) is 0 Å². The Balaban J connectivity index is 2.35. The zero-order chi connectivity index (χ0) is 14.9. The summed E-state index contributed by atoms with van der Waals surface area (Å²) in [7, 11) is 0. The SMILES string of the molecule is Nc1ccc(F)c(F)c1NC(=O)c1cc(Cl)cc(Cl)c1. The van der Waals surface area contributed by atoms with Gasteiger partial charge < -0.3 is 11.1 Å². The predicted molar refractivity (Wildman–Crippen MR) is 75.2 cm³/mol. The zero-order valence-corrected chi connectivity index (χ0v) is 11.4. The molecule has 0 heterocycles. The molecule has 0 fully saturated rings. The Morgan fingerprint density at radius 3 is 2.30 bits per heavy atom. The first-order valence-corrected chi connectivity index (χ1v) is 6.15. The summed E-state index contributed by atoms with van der Waals surface area (Å²) in [6.45, 7) is 0. The van der Waals surface area contributed by atoms with E-state index in [2.05, 4.69) is 5.32 Å². The Morgan fingerprint density at radius 2 is 1.70 bits per heavy atom. The molecule has 7 heteroatoms. The molecular weight excluding hydrogens is 309 g/mol. The highest BCUT2D eigenvalue weighted by Gasteiger charge is 2.16. The maximum absolute atomic E-state index is 13.6. The van der Waals surface area contributed by atoms with Crippen LogP contribution in [0.5, 0.6) is 0 Å². The number of nitrogen functional groups attached to an aromatic ring is 1. The minimum absolute atomic E-state index is 0.0922. The van der Waals surface area contributed by atoms with Gasteiger partial charge in [-0.3, -0.25) is 4.79 Å². The van der Waals surface area contributed by atoms with Gasteiger partial charge in [-0.2, -0.15) is 0 Å². The quantitative estimate of drug-likeness (QED) is 0.819. The van der Waals surface area contributed by atoms with Gasteiger partial charge in [-0.1, -0.05) is 23.2 Å². The van der Waals surface area contributed by atoms with E-state index in [4.69, 9.17) is 28.9 Å². The molecule has 0 aliphatic carbocycles. The molecule has 2 rings (SSSR count). The average molecular weight is 317 g/mol. The third-order valence-corrected chi connectivity index (χ3v) is 2.93. The largest absolute Gasteiger partial charge is 0.397 e. The minimum Gasteiger partial charge on any atom is -0.397 e. The van der Waals surface area contributed by atoms with Crippen molar-refractivity contribution in [2.75, 3.05) is 11.1 Å². The molecule has 0 atom stereocenters. The van der Waals surface area contributed by atoms with E-state index in [1.807, 2.05) is 0 Å². The lowest BCUT2D eigenvalue weighted by Gasteiger charge is -2.10. The van der Waals surface area contributed by atoms with Crippen LogP contribution in [0.3, 0.4) is 0 Å². The molecule has 20 heavy (non-hydrogen) atoms. The van der Waals surface area contributed by atoms with Crippen LogP contribution in [0.25, 0.3) is 0 Å². The van der Waals surface area contributed by atoms with Crippen molar-refractivity contribution < 1.29 is 13.6 Å². The van der Waals surface area contributed by atoms with Crippen LogP contribution in [0.4, 0.5) is 20.2 Å². The first-order chi connectivity index (χ1) is 9.38. The summed E-state index contributed by atoms with van der Waals surface area (Å²) in [5.41, 5.74) is 5.09. The normalized spacial score (nSPS) is 10.4. The summed E-state index contributed by atoms with van der Waals surface area (Å²) in [6, 6.07) is 6.15. The number of hydrogen-bond donors (Lipinski definition) is 2. The Kier molecular flexibility index (Phi) is 4.11. The summed E-state index contributed by atoms with van der Waals surface area (Å²) in [5, 5.41) is 2.69. The van der Waals surface area contributed by atoms with E-state index in [9.17, 15) is 13.6 Å². The van der Waals surface area contributed by atoms with Crippen LogP contribution in [0.1, 0.15) is 10.4 Å². The Morgan fingerprint density at radius 1 is 1.10 bits per heavy atom. The van der Waals surface area contributed by atoms with Crippen LogP contribution in [0.2, 0.25) is 10.0 Å². The van der Waals surface area contributed by atoms with E-state index in [0.29, 0.717) is 0 Å². The molecule has 3 N–H and O–H groups in total. The van der Waals surface area contributed by atoms with E-state index in [-0.39, 0.29) is 21.3 Å². The lowest BCUT2D eigenvalue weighted by molar-refractivity contribution is 0.102. The molecule has 0 aliphatic heterocycles. The fourth-order valence-corrected chi connectivity index (χ4v) is 2.09. The maximum atomic E-state index is 13.6. The molecule has 0 bridgehead atoms. The number of rotatable bonds is 2. The van der Waals surface area contributed by atoms with Crippen molar-refractivity contribution in [2.45, 2.75) is 0 Å². The number of halogens is 4. The number of benzene rings is 2. The number of anilines is 2. The van der Waals surface area contributed by atoms with Gasteiger partial charge in [0.05, 0.1) is 5.69 Å². The third-order valence-electron chi connectivity index (χ3n) is 2.49. The van der Waals surface area contributed by atoms with Gasteiger partial charge in [0.1, 0.15) is 5.69 Å². The highest BCUT2D eigenvalue weighted by molar-refractivity contribution is 6.35. The van der Waals surface area contributed by atoms with Gasteiger partial charge in [0.25, 0.3) is 5.91 Å². The fraction of sp³-hybridized carbons (Fsp3) is 0. The van der Waals surface area contributed by atoms with Crippen LogP contribution < -0.4 is 11.1 Å². The lowest BCUT2D eigenvalue weighted by atomic mass is 10.2. The highest BCUT2D eigenvalue weighted by Crippen LogP contribution is 2.26. The number of nitrogens with one attached hydrogen (secondary N) is 1. The molecule has 1 amide bonds. The Hall–Kier alpha value is -1.85. The molecule has 104 valence electrons. The summed E-state index contributed by atoms with van der Waals surface area (Å²) in [5.74, 6) is -3.05. The van der Waals surface area contributed by atoms with Gasteiger partial charge in [0.2, 0.25) is 0 Å². The van der Waals surface area contributed by atoms with E-state index in [0.717, 1.165) is 12.1 Å². The van der Waals surface area contributed by atoms with Crippen LogP contribution in [0.15, 0.2) is 30.3 Å². The summed E-state index contributed by atoms with van der Waals surface area (Å²) in [4.78, 5) is 12.0. The second-order valence-electron chi connectivity index (χ2n) is 3.94. The van der Waals surface area contributed by atoms with E-state index < -0.39 is 23.2 Å². The molecule has 0 aromatic heterocycles. The number of carbonyl (C=O) groups is 1. The molecule has 2 aromatic carbocycles. The van der Waals surface area contributed by atoms with Crippen LogP contribution in [-0.2, 0) is 0 Å². The van der Waals surface area contributed by atoms with Crippen molar-refractivity contribution in [3.8, 4) is 0 Å². The molecule has 3 nitrogen and oxygen atoms in total. The summed E-state index contributed by atoms with van der Waals surface area (Å²) >= 11 is 11.5. The van der Waals surface area contributed by atoms with Gasteiger partial charge in [-0.15, -0.1) is 0 Å². The van der Waals surface area contributed by atoms with Crippen molar-refractivity contribution in [3.63, 3.8) is 0 Å². The smallest absolute Gasteiger partial charge is 0.255 e. The van der Waals surface area contributed by atoms with Crippen molar-refractivity contribution in [1.82, 2.24) is 0 Å². The second kappa shape index (κ2) is 5.64. The molecule has 0 aliphatic rings. The molecule has 0 saturated carbocycles. The topological polar surface area (TPSA) is 55.1 Å². The van der Waals surface area contributed by atoms with Gasteiger partial charge in [-0.25, -0.2) is 8.78 Å². The van der Waals surface area contributed by atoms with E-state index in [1.54, 1.807) is 0 Å². The Bertz CT molecular complexity index is 672. The van der Waals surface area contributed by atoms with Crippen molar-refractivity contribution in [1.29, 1.82) is 0 Å². The number of amides is 1. The monoisotopic (exact) mass is 316 g/mol. The molecule has 2 aromatic rings. The number of nitrogens with two attached hydrogens (primary N) is 1. The van der Waals surface area contributed by atoms with Gasteiger partial charge in [-0.05, 0) is 30.3 Å². The highest BCUT2D eigenvalue weighted by atomic mass is 35.5. The van der Waals surface area contributed by atoms with Crippen LogP contribution in [-0.4, -0.2) is 5.91 Å². The zero-order valence-electron chi connectivity index (χ0n) is 9.88. The summed E-state index contributed by atoms with van der Waals surface area (Å²) < 4.78 is 26.7. The van der Waals surface area contributed by atoms with Crippen LogP contribution in [0, 0.1) is 11.6 Å².